The first-order valence-electron chi connectivity index (χ1n) is 10.6. The van der Waals surface area contributed by atoms with Crippen LogP contribution in [0.5, 0.6) is 5.75 Å². The van der Waals surface area contributed by atoms with E-state index in [1.165, 1.54) is 19.2 Å². The van der Waals surface area contributed by atoms with Crippen molar-refractivity contribution in [2.45, 2.75) is 29.6 Å². The largest absolute Gasteiger partial charge is 0.495 e. The van der Waals surface area contributed by atoms with Crippen LogP contribution < -0.4 is 14.8 Å². The molecule has 1 fully saturated rings. The van der Waals surface area contributed by atoms with Crippen LogP contribution in [0.1, 0.15) is 40.7 Å². The molecule has 5 rings (SSSR count). The van der Waals surface area contributed by atoms with Gasteiger partial charge in [0.25, 0.3) is 10.0 Å². The predicted octanol–water partition coefficient (Wildman–Crippen LogP) is 4.10. The number of hydrogen-bond acceptors (Lipinski definition) is 5. The van der Waals surface area contributed by atoms with Crippen molar-refractivity contribution in [3.05, 3.63) is 83.4 Å². The second kappa shape index (κ2) is 7.74. The Kier molecular flexibility index (Phi) is 4.97. The number of amides is 1. The number of hydrogen-bond donors (Lipinski definition) is 2. The Hall–Kier alpha value is -3.65. The molecule has 1 amide bonds. The van der Waals surface area contributed by atoms with Gasteiger partial charge in [0, 0.05) is 11.1 Å². The summed E-state index contributed by atoms with van der Waals surface area (Å²) in [6.07, 6.45) is 2.22. The molecule has 3 aromatic rings. The van der Waals surface area contributed by atoms with Gasteiger partial charge in [0.05, 0.1) is 23.9 Å². The zero-order valence-electron chi connectivity index (χ0n) is 17.9. The number of benzene rings is 3. The summed E-state index contributed by atoms with van der Waals surface area (Å²) in [6.45, 7) is 0. The number of para-hydroxylation sites is 1. The Bertz CT molecular complexity index is 1380. The lowest BCUT2D eigenvalue weighted by atomic mass is 9.65. The second-order valence-electron chi connectivity index (χ2n) is 8.29. The lowest BCUT2D eigenvalue weighted by molar-refractivity contribution is -0.123. The Balaban J connectivity index is 1.64. The lowest BCUT2D eigenvalue weighted by Gasteiger charge is -2.36. The molecule has 0 atom stereocenters. The van der Waals surface area contributed by atoms with Gasteiger partial charge in [-0.15, -0.1) is 0 Å². The molecule has 0 unspecified atom stereocenters. The fourth-order valence-corrected chi connectivity index (χ4v) is 5.78. The van der Waals surface area contributed by atoms with E-state index in [9.17, 15) is 18.0 Å². The van der Waals surface area contributed by atoms with E-state index in [1.54, 1.807) is 48.5 Å². The number of ether oxygens (including phenoxy) is 1. The van der Waals surface area contributed by atoms with Crippen molar-refractivity contribution >= 4 is 33.1 Å². The highest BCUT2D eigenvalue weighted by atomic mass is 32.2. The minimum Gasteiger partial charge on any atom is -0.495 e. The molecule has 0 saturated heterocycles. The van der Waals surface area contributed by atoms with Gasteiger partial charge in [-0.05, 0) is 42.7 Å². The molecular formula is C25H22N2O5S. The molecule has 0 bridgehead atoms. The standard InChI is InChI=1S/C25H22N2O5S/c1-32-20-10-5-6-11-21(20)33(30,31)27-17-14-18(23(28)16-8-3-2-4-9-16)22-19(15-17)25(12-7-13-25)24(29)26-22/h2-6,8-11,14-15,27H,7,12-13H2,1H3,(H,26,29). The molecule has 168 valence electrons. The number of carbonyl (C=O) groups is 2. The Labute approximate surface area is 191 Å². The molecule has 1 heterocycles. The first-order chi connectivity index (χ1) is 15.9. The van der Waals surface area contributed by atoms with E-state index in [2.05, 4.69) is 10.0 Å². The van der Waals surface area contributed by atoms with Crippen LogP contribution in [-0.4, -0.2) is 27.2 Å². The minimum absolute atomic E-state index is 0.0171. The third kappa shape index (κ3) is 3.38. The summed E-state index contributed by atoms with van der Waals surface area (Å²) in [7, 11) is -2.61. The molecule has 1 saturated carbocycles. The van der Waals surface area contributed by atoms with Crippen LogP contribution in [0.15, 0.2) is 71.6 Å². The fourth-order valence-electron chi connectivity index (χ4n) is 4.57. The van der Waals surface area contributed by atoms with Crippen LogP contribution in [-0.2, 0) is 20.2 Å². The highest BCUT2D eigenvalue weighted by molar-refractivity contribution is 7.92. The maximum absolute atomic E-state index is 13.4. The molecule has 1 spiro atoms. The SMILES string of the molecule is COc1ccccc1S(=O)(=O)Nc1cc(C(=O)c2ccccc2)c2c(c1)C1(CCC1)C(=O)N2. The Morgan fingerprint density at radius 3 is 2.39 bits per heavy atom. The average molecular weight is 463 g/mol. The average Bonchev–Trinajstić information content (AvgIpc) is 3.10. The topological polar surface area (TPSA) is 102 Å². The van der Waals surface area contributed by atoms with Gasteiger partial charge in [-0.2, -0.15) is 0 Å². The zero-order chi connectivity index (χ0) is 23.2. The van der Waals surface area contributed by atoms with Crippen LogP contribution >= 0.6 is 0 Å². The van der Waals surface area contributed by atoms with Gasteiger partial charge in [0.2, 0.25) is 5.91 Å². The number of nitrogens with one attached hydrogen (secondary N) is 2. The van der Waals surface area contributed by atoms with E-state index in [0.29, 0.717) is 29.7 Å². The van der Waals surface area contributed by atoms with E-state index in [1.807, 2.05) is 6.07 Å². The van der Waals surface area contributed by atoms with Gasteiger partial charge < -0.3 is 10.1 Å². The molecule has 7 nitrogen and oxygen atoms in total. The molecule has 1 aliphatic heterocycles. The number of fused-ring (bicyclic) bond motifs is 2. The van der Waals surface area contributed by atoms with Gasteiger partial charge >= 0.3 is 0 Å². The summed E-state index contributed by atoms with van der Waals surface area (Å²) in [5.41, 5.74) is 1.35. The van der Waals surface area contributed by atoms with E-state index in [-0.39, 0.29) is 33.6 Å². The summed E-state index contributed by atoms with van der Waals surface area (Å²) < 4.78 is 34.2. The molecule has 2 N–H and O–H groups in total. The van der Waals surface area contributed by atoms with E-state index < -0.39 is 15.4 Å². The second-order valence-corrected chi connectivity index (χ2v) is 9.94. The van der Waals surface area contributed by atoms with E-state index in [0.717, 1.165) is 6.42 Å². The monoisotopic (exact) mass is 462 g/mol. The van der Waals surface area contributed by atoms with Crippen LogP contribution in [0.2, 0.25) is 0 Å². The van der Waals surface area contributed by atoms with Gasteiger partial charge in [-0.1, -0.05) is 48.9 Å². The quantitative estimate of drug-likeness (QED) is 0.537. The normalized spacial score (nSPS) is 16.0. The first-order valence-corrected chi connectivity index (χ1v) is 12.1. The lowest BCUT2D eigenvalue weighted by Crippen LogP contribution is -2.40. The summed E-state index contributed by atoms with van der Waals surface area (Å²) in [4.78, 5) is 26.2. The predicted molar refractivity (Wildman–Crippen MR) is 124 cm³/mol. The van der Waals surface area contributed by atoms with Crippen LogP contribution in [0.3, 0.4) is 0 Å². The van der Waals surface area contributed by atoms with Crippen LogP contribution in [0, 0.1) is 0 Å². The van der Waals surface area contributed by atoms with Crippen LogP contribution in [0.4, 0.5) is 11.4 Å². The number of rotatable bonds is 6. The molecule has 0 radical (unpaired) electrons. The van der Waals surface area contributed by atoms with Crippen molar-refractivity contribution < 1.29 is 22.7 Å². The molecule has 8 heteroatoms. The minimum atomic E-state index is -4.01. The molecule has 33 heavy (non-hydrogen) atoms. The summed E-state index contributed by atoms with van der Waals surface area (Å²) in [5, 5.41) is 2.89. The maximum atomic E-state index is 13.4. The summed E-state index contributed by atoms with van der Waals surface area (Å²) in [6, 6.07) is 18.2. The number of ketones is 1. The van der Waals surface area contributed by atoms with Crippen molar-refractivity contribution in [1.82, 2.24) is 0 Å². The smallest absolute Gasteiger partial charge is 0.265 e. The van der Waals surface area contributed by atoms with E-state index >= 15 is 0 Å². The van der Waals surface area contributed by atoms with Crippen LogP contribution in [0.25, 0.3) is 0 Å². The third-order valence-corrected chi connectivity index (χ3v) is 7.85. The molecule has 3 aromatic carbocycles. The highest BCUT2D eigenvalue weighted by Crippen LogP contribution is 2.53. The first kappa shape index (κ1) is 21.2. The molecule has 0 aromatic heterocycles. The van der Waals surface area contributed by atoms with E-state index in [4.69, 9.17) is 4.74 Å². The van der Waals surface area contributed by atoms with Gasteiger partial charge in [-0.3, -0.25) is 14.3 Å². The third-order valence-electron chi connectivity index (χ3n) is 6.43. The van der Waals surface area contributed by atoms with Crippen molar-refractivity contribution in [1.29, 1.82) is 0 Å². The highest BCUT2D eigenvalue weighted by Gasteiger charge is 2.52. The number of carbonyl (C=O) groups excluding carboxylic acids is 2. The number of sulfonamides is 1. The number of anilines is 2. The van der Waals surface area contributed by atoms with Crippen molar-refractivity contribution in [3.8, 4) is 5.75 Å². The zero-order valence-corrected chi connectivity index (χ0v) is 18.7. The molecule has 1 aliphatic carbocycles. The van der Waals surface area contributed by atoms with Gasteiger partial charge in [0.15, 0.2) is 5.78 Å². The Morgan fingerprint density at radius 1 is 1.03 bits per heavy atom. The maximum Gasteiger partial charge on any atom is 0.265 e. The molecule has 2 aliphatic rings. The number of methoxy groups -OCH3 is 1. The van der Waals surface area contributed by atoms with Crippen molar-refractivity contribution in [3.63, 3.8) is 0 Å². The van der Waals surface area contributed by atoms with Crippen molar-refractivity contribution in [2.75, 3.05) is 17.1 Å². The molecular weight excluding hydrogens is 440 g/mol. The summed E-state index contributed by atoms with van der Waals surface area (Å²) in [5.74, 6) is -0.225. The van der Waals surface area contributed by atoms with Crippen molar-refractivity contribution in [2.24, 2.45) is 0 Å². The van der Waals surface area contributed by atoms with Gasteiger partial charge in [0.1, 0.15) is 10.6 Å². The summed E-state index contributed by atoms with van der Waals surface area (Å²) >= 11 is 0. The van der Waals surface area contributed by atoms with Gasteiger partial charge in [-0.25, -0.2) is 8.42 Å². The Morgan fingerprint density at radius 2 is 1.73 bits per heavy atom. The fraction of sp³-hybridized carbons (Fsp3) is 0.200.